The highest BCUT2D eigenvalue weighted by atomic mass is 16.6. The number of carbonyl (C=O) groups is 5. The Labute approximate surface area is 283 Å². The Balaban J connectivity index is 1.44. The molecule has 0 aliphatic heterocycles. The number of unbranched alkanes of at least 4 members (excludes halogenated alkanes) is 2. The van der Waals surface area contributed by atoms with Gasteiger partial charge in [-0.3, -0.25) is 14.4 Å². The Kier molecular flexibility index (Phi) is 17.3. The van der Waals surface area contributed by atoms with Gasteiger partial charge in [0.15, 0.2) is 0 Å². The molecule has 14 heteroatoms. The summed E-state index contributed by atoms with van der Waals surface area (Å²) in [5, 5.41) is 19.6. The SMILES string of the molecule is CC1CC1COC(=O)NC(CCCCNC(=O)OCC1C2CCC#CCCC21)C(=O)NC(CCCCN)C(=O)NCCOCCC(=O)O. The molecule has 3 rings (SSSR count). The number of rotatable bonds is 23. The van der Waals surface area contributed by atoms with Crippen molar-refractivity contribution in [1.82, 2.24) is 21.3 Å². The van der Waals surface area contributed by atoms with Crippen molar-refractivity contribution in [3.05, 3.63) is 0 Å². The predicted octanol–water partition coefficient (Wildman–Crippen LogP) is 2.29. The van der Waals surface area contributed by atoms with Crippen molar-refractivity contribution >= 4 is 30.0 Å². The van der Waals surface area contributed by atoms with Crippen molar-refractivity contribution in [3.8, 4) is 11.8 Å². The number of ether oxygens (including phenoxy) is 3. The molecule has 2 saturated carbocycles. The molecule has 0 aromatic heterocycles. The third-order valence-corrected chi connectivity index (χ3v) is 9.33. The number of aliphatic carboxylic acids is 1. The largest absolute Gasteiger partial charge is 0.481 e. The van der Waals surface area contributed by atoms with Gasteiger partial charge in [0.2, 0.25) is 11.8 Å². The van der Waals surface area contributed by atoms with Crippen molar-refractivity contribution in [2.24, 2.45) is 35.3 Å². The molecule has 0 aromatic rings. The van der Waals surface area contributed by atoms with Crippen LogP contribution in [-0.4, -0.2) is 93.2 Å². The average molecular weight is 678 g/mol. The number of hydrogen-bond acceptors (Lipinski definition) is 9. The van der Waals surface area contributed by atoms with Crippen molar-refractivity contribution in [2.45, 2.75) is 96.1 Å². The molecule has 14 nitrogen and oxygen atoms in total. The summed E-state index contributed by atoms with van der Waals surface area (Å²) >= 11 is 0. The van der Waals surface area contributed by atoms with Crippen LogP contribution >= 0.6 is 0 Å². The van der Waals surface area contributed by atoms with Crippen LogP contribution in [0, 0.1) is 41.4 Å². The minimum absolute atomic E-state index is 0.0270. The lowest BCUT2D eigenvalue weighted by atomic mass is 10.1. The lowest BCUT2D eigenvalue weighted by Crippen LogP contribution is -2.54. The van der Waals surface area contributed by atoms with E-state index in [-0.39, 0.29) is 39.2 Å². The topological polar surface area (TPSA) is 207 Å². The summed E-state index contributed by atoms with van der Waals surface area (Å²) in [5.41, 5.74) is 5.63. The van der Waals surface area contributed by atoms with Gasteiger partial charge in [-0.2, -0.15) is 0 Å². The fraction of sp³-hybridized carbons (Fsp3) is 0.794. The molecule has 3 aliphatic carbocycles. The van der Waals surface area contributed by atoms with Crippen LogP contribution in [0.4, 0.5) is 9.59 Å². The molecule has 0 saturated heterocycles. The number of hydrogen-bond donors (Lipinski definition) is 6. The molecular weight excluding hydrogens is 622 g/mol. The zero-order valence-electron chi connectivity index (χ0n) is 28.3. The smallest absolute Gasteiger partial charge is 0.407 e. The molecule has 0 spiro atoms. The Morgan fingerprint density at radius 3 is 2.10 bits per heavy atom. The Bertz CT molecular complexity index is 1110. The zero-order valence-corrected chi connectivity index (χ0v) is 28.3. The van der Waals surface area contributed by atoms with Crippen LogP contribution in [0.5, 0.6) is 0 Å². The van der Waals surface area contributed by atoms with E-state index in [2.05, 4.69) is 40.0 Å². The number of carboxylic acids is 1. The molecule has 7 N–H and O–H groups in total. The fourth-order valence-electron chi connectivity index (χ4n) is 6.10. The molecule has 270 valence electrons. The summed E-state index contributed by atoms with van der Waals surface area (Å²) in [6.07, 6.45) is 6.55. The first-order valence-electron chi connectivity index (χ1n) is 17.6. The molecule has 6 atom stereocenters. The summed E-state index contributed by atoms with van der Waals surface area (Å²) in [4.78, 5) is 61.9. The van der Waals surface area contributed by atoms with Crippen LogP contribution in [0.3, 0.4) is 0 Å². The zero-order chi connectivity index (χ0) is 34.7. The maximum Gasteiger partial charge on any atom is 0.407 e. The highest BCUT2D eigenvalue weighted by Crippen LogP contribution is 2.52. The van der Waals surface area contributed by atoms with Crippen molar-refractivity contribution in [2.75, 3.05) is 46.1 Å². The summed E-state index contributed by atoms with van der Waals surface area (Å²) in [6, 6.07) is -1.83. The molecule has 0 heterocycles. The van der Waals surface area contributed by atoms with Crippen LogP contribution < -0.4 is 27.0 Å². The van der Waals surface area contributed by atoms with Gasteiger partial charge in [0.1, 0.15) is 12.1 Å². The molecular formula is C34H55N5O9. The summed E-state index contributed by atoms with van der Waals surface area (Å²) in [7, 11) is 0. The van der Waals surface area contributed by atoms with Crippen LogP contribution in [0.2, 0.25) is 0 Å². The molecule has 6 unspecified atom stereocenters. The Hall–Kier alpha value is -3.57. The molecule has 0 aromatic carbocycles. The van der Waals surface area contributed by atoms with Gasteiger partial charge in [-0.05, 0) is 93.9 Å². The second-order valence-electron chi connectivity index (χ2n) is 13.1. The van der Waals surface area contributed by atoms with Gasteiger partial charge in [0.25, 0.3) is 0 Å². The van der Waals surface area contributed by atoms with Gasteiger partial charge in [0, 0.05) is 25.9 Å². The van der Waals surface area contributed by atoms with Gasteiger partial charge >= 0.3 is 18.2 Å². The highest BCUT2D eigenvalue weighted by molar-refractivity contribution is 5.91. The Morgan fingerprint density at radius 2 is 1.46 bits per heavy atom. The van der Waals surface area contributed by atoms with Gasteiger partial charge < -0.3 is 46.3 Å². The van der Waals surface area contributed by atoms with Crippen LogP contribution in [0.1, 0.15) is 84.0 Å². The third-order valence-electron chi connectivity index (χ3n) is 9.33. The van der Waals surface area contributed by atoms with E-state index >= 15 is 0 Å². The number of fused-ring (bicyclic) bond motifs is 1. The van der Waals surface area contributed by atoms with Crippen molar-refractivity contribution in [3.63, 3.8) is 0 Å². The minimum Gasteiger partial charge on any atom is -0.481 e. The molecule has 48 heavy (non-hydrogen) atoms. The first kappa shape index (κ1) is 38.9. The molecule has 3 aliphatic rings. The average Bonchev–Trinajstić information content (AvgIpc) is 3.93. The monoisotopic (exact) mass is 677 g/mol. The Morgan fingerprint density at radius 1 is 0.812 bits per heavy atom. The van der Waals surface area contributed by atoms with Crippen LogP contribution in [0.15, 0.2) is 0 Å². The quantitative estimate of drug-likeness (QED) is 0.0687. The molecule has 4 amide bonds. The number of nitrogens with two attached hydrogens (primary N) is 1. The maximum absolute atomic E-state index is 13.4. The van der Waals surface area contributed by atoms with E-state index in [1.54, 1.807) is 0 Å². The number of carboxylic acid groups (broad SMARTS) is 1. The maximum atomic E-state index is 13.4. The lowest BCUT2D eigenvalue weighted by Gasteiger charge is -2.23. The summed E-state index contributed by atoms with van der Waals surface area (Å²) in [6.45, 7) is 3.85. The molecule has 2 fully saturated rings. The summed E-state index contributed by atoms with van der Waals surface area (Å²) in [5.74, 6) is 6.88. The van der Waals surface area contributed by atoms with E-state index < -0.39 is 42.1 Å². The van der Waals surface area contributed by atoms with Gasteiger partial charge in [0.05, 0.1) is 32.8 Å². The number of nitrogens with one attached hydrogen (secondary N) is 4. The summed E-state index contributed by atoms with van der Waals surface area (Å²) < 4.78 is 16.0. The first-order chi connectivity index (χ1) is 23.2. The van der Waals surface area contributed by atoms with E-state index in [4.69, 9.17) is 25.1 Å². The van der Waals surface area contributed by atoms with Crippen molar-refractivity contribution < 1.29 is 43.3 Å². The third kappa shape index (κ3) is 15.1. The second-order valence-corrected chi connectivity index (χ2v) is 13.1. The number of amides is 4. The first-order valence-corrected chi connectivity index (χ1v) is 17.6. The molecule has 0 radical (unpaired) electrons. The van der Waals surface area contributed by atoms with E-state index in [9.17, 15) is 24.0 Å². The molecule has 0 bridgehead atoms. The van der Waals surface area contributed by atoms with Gasteiger partial charge in [-0.25, -0.2) is 9.59 Å². The second kappa shape index (κ2) is 21.4. The van der Waals surface area contributed by atoms with Crippen LogP contribution in [-0.2, 0) is 28.6 Å². The number of alkyl carbamates (subject to hydrolysis) is 2. The lowest BCUT2D eigenvalue weighted by molar-refractivity contribution is -0.138. The van der Waals surface area contributed by atoms with E-state index in [0.717, 1.165) is 32.1 Å². The standard InChI is InChI=1S/C34H55N5O9/c1-23-20-24(23)21-47-34(45)39-29(13-7-9-16-37-33(44)48-22-27-25-10-4-2-3-5-11-26(25)27)32(43)38-28(12-6-8-15-35)31(42)36-17-19-46-18-14-30(40)41/h23-29H,4-22,35H2,1H3,(H,36,42)(H,37,44)(H,38,43)(H,39,45)(H,40,41). The number of carbonyl (C=O) groups excluding carboxylic acids is 4. The normalized spacial score (nSPS) is 23.3. The minimum atomic E-state index is -0.974. The van der Waals surface area contributed by atoms with Gasteiger partial charge in [-0.15, -0.1) is 11.8 Å². The van der Waals surface area contributed by atoms with Crippen molar-refractivity contribution in [1.29, 1.82) is 0 Å². The van der Waals surface area contributed by atoms with Crippen LogP contribution in [0.25, 0.3) is 0 Å². The van der Waals surface area contributed by atoms with Gasteiger partial charge in [-0.1, -0.05) is 6.92 Å². The highest BCUT2D eigenvalue weighted by Gasteiger charge is 2.49. The van der Waals surface area contributed by atoms with E-state index in [0.29, 0.717) is 81.4 Å². The van der Waals surface area contributed by atoms with E-state index in [1.165, 1.54) is 0 Å². The van der Waals surface area contributed by atoms with E-state index in [1.807, 2.05) is 0 Å². The fourth-order valence-corrected chi connectivity index (χ4v) is 6.10. The predicted molar refractivity (Wildman–Crippen MR) is 176 cm³/mol.